The van der Waals surface area contributed by atoms with Crippen molar-refractivity contribution in [3.8, 4) is 0 Å². The first kappa shape index (κ1) is 12.1. The van der Waals surface area contributed by atoms with Crippen molar-refractivity contribution in [3.05, 3.63) is 48.0 Å². The van der Waals surface area contributed by atoms with Crippen molar-refractivity contribution in [2.24, 2.45) is 0 Å². The number of hydrogen-bond donors (Lipinski definition) is 1. The van der Waals surface area contributed by atoms with E-state index in [1.165, 1.54) is 0 Å². The highest BCUT2D eigenvalue weighted by atomic mass is 19.1. The SMILES string of the molecule is CC(O)CC(F)Cc1cccc2ccccc12. The quantitative estimate of drug-likeness (QED) is 0.855. The van der Waals surface area contributed by atoms with E-state index in [4.69, 9.17) is 0 Å². The van der Waals surface area contributed by atoms with Gasteiger partial charge in [0.15, 0.2) is 0 Å². The van der Waals surface area contributed by atoms with Crippen LogP contribution >= 0.6 is 0 Å². The van der Waals surface area contributed by atoms with Crippen LogP contribution in [0.3, 0.4) is 0 Å². The molecule has 90 valence electrons. The van der Waals surface area contributed by atoms with Crippen LogP contribution in [0.25, 0.3) is 10.8 Å². The first-order valence-electron chi connectivity index (χ1n) is 5.95. The number of halogens is 1. The lowest BCUT2D eigenvalue weighted by molar-refractivity contribution is 0.142. The molecule has 17 heavy (non-hydrogen) atoms. The zero-order chi connectivity index (χ0) is 12.3. The van der Waals surface area contributed by atoms with Crippen LogP contribution < -0.4 is 0 Å². The largest absolute Gasteiger partial charge is 0.393 e. The molecule has 2 heteroatoms. The molecular weight excluding hydrogens is 215 g/mol. The third-order valence-corrected chi connectivity index (χ3v) is 2.92. The van der Waals surface area contributed by atoms with E-state index in [9.17, 15) is 9.50 Å². The van der Waals surface area contributed by atoms with Gasteiger partial charge in [-0.25, -0.2) is 4.39 Å². The fourth-order valence-electron chi connectivity index (χ4n) is 2.16. The molecule has 0 aliphatic rings. The third kappa shape index (κ3) is 3.04. The van der Waals surface area contributed by atoms with Gasteiger partial charge in [0, 0.05) is 12.8 Å². The molecule has 0 heterocycles. The lowest BCUT2D eigenvalue weighted by Crippen LogP contribution is -2.13. The van der Waals surface area contributed by atoms with E-state index in [-0.39, 0.29) is 6.42 Å². The molecule has 0 radical (unpaired) electrons. The highest BCUT2D eigenvalue weighted by molar-refractivity contribution is 5.85. The van der Waals surface area contributed by atoms with Crippen LogP contribution in [0.5, 0.6) is 0 Å². The standard InChI is InChI=1S/C15H17FO/c1-11(17)9-14(16)10-13-7-4-6-12-5-2-3-8-15(12)13/h2-8,11,14,17H,9-10H2,1H3. The first-order chi connectivity index (χ1) is 8.16. The molecule has 2 aromatic carbocycles. The highest BCUT2D eigenvalue weighted by Gasteiger charge is 2.12. The van der Waals surface area contributed by atoms with Crippen LogP contribution in [0, 0.1) is 0 Å². The second-order valence-corrected chi connectivity index (χ2v) is 4.52. The molecule has 0 aliphatic heterocycles. The summed E-state index contributed by atoms with van der Waals surface area (Å²) in [6.07, 6.45) is -1.00. The molecule has 0 saturated carbocycles. The van der Waals surface area contributed by atoms with E-state index in [0.717, 1.165) is 16.3 Å². The second-order valence-electron chi connectivity index (χ2n) is 4.52. The number of rotatable bonds is 4. The van der Waals surface area contributed by atoms with E-state index >= 15 is 0 Å². The van der Waals surface area contributed by atoms with Gasteiger partial charge in [0.1, 0.15) is 6.17 Å². The van der Waals surface area contributed by atoms with Gasteiger partial charge in [-0.15, -0.1) is 0 Å². The Morgan fingerprint density at radius 2 is 1.82 bits per heavy atom. The van der Waals surface area contributed by atoms with Gasteiger partial charge >= 0.3 is 0 Å². The van der Waals surface area contributed by atoms with Crippen molar-refractivity contribution in [1.29, 1.82) is 0 Å². The van der Waals surface area contributed by atoms with E-state index in [0.29, 0.717) is 6.42 Å². The first-order valence-corrected chi connectivity index (χ1v) is 5.95. The van der Waals surface area contributed by atoms with E-state index in [2.05, 4.69) is 0 Å². The monoisotopic (exact) mass is 232 g/mol. The Morgan fingerprint density at radius 3 is 2.59 bits per heavy atom. The second kappa shape index (κ2) is 5.28. The van der Waals surface area contributed by atoms with Gasteiger partial charge in [-0.05, 0) is 23.3 Å². The van der Waals surface area contributed by atoms with Crippen molar-refractivity contribution < 1.29 is 9.50 Å². The predicted octanol–water partition coefficient (Wildman–Crippen LogP) is 3.49. The molecule has 0 aromatic heterocycles. The Labute approximate surface area is 101 Å². The van der Waals surface area contributed by atoms with Gasteiger partial charge < -0.3 is 5.11 Å². The molecule has 2 atom stereocenters. The lowest BCUT2D eigenvalue weighted by atomic mass is 9.98. The molecular formula is C15H17FO. The average Bonchev–Trinajstić information content (AvgIpc) is 2.28. The molecule has 1 N–H and O–H groups in total. The molecule has 2 unspecified atom stereocenters. The maximum atomic E-state index is 13.7. The fourth-order valence-corrected chi connectivity index (χ4v) is 2.16. The van der Waals surface area contributed by atoms with Crippen LogP contribution in [0.2, 0.25) is 0 Å². The van der Waals surface area contributed by atoms with Crippen molar-refractivity contribution in [2.75, 3.05) is 0 Å². The van der Waals surface area contributed by atoms with Gasteiger partial charge in [-0.3, -0.25) is 0 Å². The average molecular weight is 232 g/mol. The molecule has 0 aliphatic carbocycles. The number of hydrogen-bond acceptors (Lipinski definition) is 1. The zero-order valence-electron chi connectivity index (χ0n) is 9.94. The van der Waals surface area contributed by atoms with Crippen LogP contribution in [0.4, 0.5) is 4.39 Å². The minimum atomic E-state index is -0.985. The molecule has 0 fully saturated rings. The van der Waals surface area contributed by atoms with Gasteiger partial charge in [-0.2, -0.15) is 0 Å². The summed E-state index contributed by atoms with van der Waals surface area (Å²) in [5.74, 6) is 0. The van der Waals surface area contributed by atoms with Gasteiger partial charge in [0.05, 0.1) is 6.10 Å². The Hall–Kier alpha value is -1.41. The van der Waals surface area contributed by atoms with Crippen LogP contribution in [0.15, 0.2) is 42.5 Å². The minimum Gasteiger partial charge on any atom is -0.393 e. The molecule has 2 rings (SSSR count). The Bertz CT molecular complexity index is 488. The molecule has 0 amide bonds. The Kier molecular flexibility index (Phi) is 3.75. The summed E-state index contributed by atoms with van der Waals surface area (Å²) in [5.41, 5.74) is 1.01. The lowest BCUT2D eigenvalue weighted by Gasteiger charge is -2.12. The molecule has 1 nitrogen and oxygen atoms in total. The number of benzene rings is 2. The van der Waals surface area contributed by atoms with Gasteiger partial charge in [0.25, 0.3) is 0 Å². The number of alkyl halides is 1. The summed E-state index contributed by atoms with van der Waals surface area (Å²) in [6.45, 7) is 1.62. The van der Waals surface area contributed by atoms with E-state index < -0.39 is 12.3 Å². The molecule has 2 aromatic rings. The Balaban J connectivity index is 2.24. The summed E-state index contributed by atoms with van der Waals surface area (Å²) >= 11 is 0. The fraction of sp³-hybridized carbons (Fsp3) is 0.333. The summed E-state index contributed by atoms with van der Waals surface area (Å²) in [6, 6.07) is 13.9. The van der Waals surface area contributed by atoms with Crippen LogP contribution in [0.1, 0.15) is 18.9 Å². The molecule has 0 bridgehead atoms. The zero-order valence-corrected chi connectivity index (χ0v) is 9.94. The highest BCUT2D eigenvalue weighted by Crippen LogP contribution is 2.21. The number of fused-ring (bicyclic) bond motifs is 1. The Morgan fingerprint density at radius 1 is 1.12 bits per heavy atom. The third-order valence-electron chi connectivity index (χ3n) is 2.92. The van der Waals surface area contributed by atoms with Gasteiger partial charge in [0.2, 0.25) is 0 Å². The summed E-state index contributed by atoms with van der Waals surface area (Å²) in [7, 11) is 0. The molecule has 0 spiro atoms. The summed E-state index contributed by atoms with van der Waals surface area (Å²) in [4.78, 5) is 0. The van der Waals surface area contributed by atoms with Crippen molar-refractivity contribution in [2.45, 2.75) is 32.0 Å². The normalized spacial score (nSPS) is 14.8. The summed E-state index contributed by atoms with van der Waals surface area (Å²) in [5, 5.41) is 11.4. The number of aliphatic hydroxyl groups excluding tert-OH is 1. The van der Waals surface area contributed by atoms with Crippen LogP contribution in [-0.2, 0) is 6.42 Å². The van der Waals surface area contributed by atoms with Crippen LogP contribution in [-0.4, -0.2) is 17.4 Å². The predicted molar refractivity (Wildman–Crippen MR) is 68.8 cm³/mol. The summed E-state index contributed by atoms with van der Waals surface area (Å²) < 4.78 is 13.7. The van der Waals surface area contributed by atoms with Crippen molar-refractivity contribution in [1.82, 2.24) is 0 Å². The maximum absolute atomic E-state index is 13.7. The maximum Gasteiger partial charge on any atom is 0.107 e. The smallest absolute Gasteiger partial charge is 0.107 e. The molecule has 0 saturated heterocycles. The van der Waals surface area contributed by atoms with E-state index in [1.807, 2.05) is 42.5 Å². The van der Waals surface area contributed by atoms with Crippen molar-refractivity contribution >= 4 is 10.8 Å². The number of aliphatic hydroxyl groups is 1. The minimum absolute atomic E-state index is 0.198. The van der Waals surface area contributed by atoms with Gasteiger partial charge in [-0.1, -0.05) is 42.5 Å². The van der Waals surface area contributed by atoms with Crippen molar-refractivity contribution in [3.63, 3.8) is 0 Å². The topological polar surface area (TPSA) is 20.2 Å². The van der Waals surface area contributed by atoms with E-state index in [1.54, 1.807) is 6.92 Å².